The zero-order valence-corrected chi connectivity index (χ0v) is 19.0. The molecule has 0 saturated carbocycles. The van der Waals surface area contributed by atoms with Crippen LogP contribution < -0.4 is 15.4 Å². The van der Waals surface area contributed by atoms with Gasteiger partial charge in [0.2, 0.25) is 21.8 Å². The highest BCUT2D eigenvalue weighted by atomic mass is 32.2. The Morgan fingerprint density at radius 1 is 1.16 bits per heavy atom. The van der Waals surface area contributed by atoms with Crippen LogP contribution in [0.2, 0.25) is 0 Å². The molecule has 1 atom stereocenters. The van der Waals surface area contributed by atoms with E-state index in [1.807, 2.05) is 13.0 Å². The van der Waals surface area contributed by atoms with Crippen molar-refractivity contribution in [2.24, 2.45) is 0 Å². The van der Waals surface area contributed by atoms with Gasteiger partial charge in [-0.05, 0) is 74.1 Å². The summed E-state index contributed by atoms with van der Waals surface area (Å²) in [4.78, 5) is 25.0. The van der Waals surface area contributed by atoms with E-state index < -0.39 is 16.1 Å². The van der Waals surface area contributed by atoms with Gasteiger partial charge >= 0.3 is 0 Å². The standard InChI is InChI=1S/C23H27N3O5S/c1-15-8-11-21(31-2)19(13-15)25-23(28)20-6-4-12-26(20)32(29,30)17-9-10-18-16(14-17)5-3-7-22(27)24-18/h8-11,13-14,20H,3-7,12H2,1-2H3,(H,24,27)(H,25,28). The van der Waals surface area contributed by atoms with Gasteiger partial charge in [-0.25, -0.2) is 8.42 Å². The number of anilines is 2. The Kier molecular flexibility index (Phi) is 6.21. The Hall–Kier alpha value is -2.91. The molecule has 0 spiro atoms. The molecule has 9 heteroatoms. The second-order valence-corrected chi connectivity index (χ2v) is 10.1. The Morgan fingerprint density at radius 3 is 2.75 bits per heavy atom. The summed E-state index contributed by atoms with van der Waals surface area (Å²) in [6.07, 6.45) is 2.74. The van der Waals surface area contributed by atoms with E-state index in [9.17, 15) is 18.0 Å². The van der Waals surface area contributed by atoms with Crippen molar-refractivity contribution in [2.45, 2.75) is 50.0 Å². The second-order valence-electron chi connectivity index (χ2n) is 8.19. The van der Waals surface area contributed by atoms with E-state index in [2.05, 4.69) is 10.6 Å². The van der Waals surface area contributed by atoms with Crippen molar-refractivity contribution >= 4 is 33.2 Å². The summed E-state index contributed by atoms with van der Waals surface area (Å²) in [5.41, 5.74) is 2.91. The van der Waals surface area contributed by atoms with Crippen LogP contribution in [0.3, 0.4) is 0 Å². The van der Waals surface area contributed by atoms with Crippen LogP contribution in [-0.4, -0.2) is 44.2 Å². The molecule has 0 bridgehead atoms. The first kappa shape index (κ1) is 22.3. The van der Waals surface area contributed by atoms with Crippen LogP contribution in [0.1, 0.15) is 36.8 Å². The Morgan fingerprint density at radius 2 is 1.97 bits per heavy atom. The van der Waals surface area contributed by atoms with Crippen molar-refractivity contribution in [1.82, 2.24) is 4.31 Å². The van der Waals surface area contributed by atoms with Crippen LogP contribution in [0.4, 0.5) is 11.4 Å². The number of carbonyl (C=O) groups excluding carboxylic acids is 2. The minimum atomic E-state index is -3.88. The lowest BCUT2D eigenvalue weighted by Crippen LogP contribution is -2.43. The van der Waals surface area contributed by atoms with Gasteiger partial charge in [0, 0.05) is 18.7 Å². The van der Waals surface area contributed by atoms with E-state index in [-0.39, 0.29) is 23.3 Å². The molecule has 2 aromatic rings. The van der Waals surface area contributed by atoms with Crippen LogP contribution in [-0.2, 0) is 26.0 Å². The van der Waals surface area contributed by atoms with Crippen molar-refractivity contribution in [3.63, 3.8) is 0 Å². The molecule has 2 aromatic carbocycles. The van der Waals surface area contributed by atoms with Crippen molar-refractivity contribution in [3.05, 3.63) is 47.5 Å². The lowest BCUT2D eigenvalue weighted by molar-refractivity contribution is -0.119. The van der Waals surface area contributed by atoms with Gasteiger partial charge in [-0.2, -0.15) is 4.31 Å². The summed E-state index contributed by atoms with van der Waals surface area (Å²) in [5, 5.41) is 5.66. The first-order valence-corrected chi connectivity index (χ1v) is 12.1. The lowest BCUT2D eigenvalue weighted by Gasteiger charge is -2.24. The number of hydrogen-bond acceptors (Lipinski definition) is 5. The van der Waals surface area contributed by atoms with Gasteiger partial charge in [0.15, 0.2) is 0 Å². The minimum Gasteiger partial charge on any atom is -0.495 e. The number of carbonyl (C=O) groups is 2. The molecule has 2 aliphatic rings. The third-order valence-corrected chi connectivity index (χ3v) is 7.83. The predicted molar refractivity (Wildman–Crippen MR) is 121 cm³/mol. The van der Waals surface area contributed by atoms with E-state index >= 15 is 0 Å². The molecule has 8 nitrogen and oxygen atoms in total. The summed E-state index contributed by atoms with van der Waals surface area (Å²) in [7, 11) is -2.36. The van der Waals surface area contributed by atoms with Gasteiger partial charge in [-0.3, -0.25) is 9.59 Å². The fourth-order valence-electron chi connectivity index (χ4n) is 4.27. The summed E-state index contributed by atoms with van der Waals surface area (Å²) < 4.78 is 33.5. The molecule has 1 saturated heterocycles. The van der Waals surface area contributed by atoms with Gasteiger partial charge in [0.05, 0.1) is 17.7 Å². The number of aryl methyl sites for hydroxylation is 2. The van der Waals surface area contributed by atoms with E-state index in [0.717, 1.165) is 11.1 Å². The highest BCUT2D eigenvalue weighted by Gasteiger charge is 2.40. The number of benzene rings is 2. The average Bonchev–Trinajstić information content (AvgIpc) is 3.18. The number of rotatable bonds is 5. The van der Waals surface area contributed by atoms with Crippen LogP contribution in [0, 0.1) is 6.92 Å². The van der Waals surface area contributed by atoms with Crippen LogP contribution in [0.5, 0.6) is 5.75 Å². The van der Waals surface area contributed by atoms with Crippen molar-refractivity contribution in [2.75, 3.05) is 24.3 Å². The maximum Gasteiger partial charge on any atom is 0.243 e. The molecule has 1 fully saturated rings. The maximum absolute atomic E-state index is 13.4. The van der Waals surface area contributed by atoms with E-state index in [1.165, 1.54) is 17.5 Å². The Balaban J connectivity index is 1.59. The lowest BCUT2D eigenvalue weighted by atomic mass is 10.1. The Bertz CT molecular complexity index is 1160. The third-order valence-electron chi connectivity index (χ3n) is 5.93. The number of nitrogens with zero attached hydrogens (tertiary/aromatic N) is 1. The van der Waals surface area contributed by atoms with Crippen molar-refractivity contribution in [3.8, 4) is 5.75 Å². The molecule has 32 heavy (non-hydrogen) atoms. The van der Waals surface area contributed by atoms with Gasteiger partial charge < -0.3 is 15.4 Å². The summed E-state index contributed by atoms with van der Waals surface area (Å²) in [5.74, 6) is 0.0726. The number of ether oxygens (including phenoxy) is 1. The average molecular weight is 458 g/mol. The monoisotopic (exact) mass is 457 g/mol. The molecule has 1 unspecified atom stereocenters. The molecule has 170 valence electrons. The summed E-state index contributed by atoms with van der Waals surface area (Å²) in [6, 6.07) is 9.39. The normalized spacial score (nSPS) is 19.1. The van der Waals surface area contributed by atoms with Crippen molar-refractivity contribution < 1.29 is 22.7 Å². The molecule has 2 aliphatic heterocycles. The highest BCUT2D eigenvalue weighted by molar-refractivity contribution is 7.89. The fraction of sp³-hybridized carbons (Fsp3) is 0.391. The second kappa shape index (κ2) is 8.91. The smallest absolute Gasteiger partial charge is 0.243 e. The number of methoxy groups -OCH3 is 1. The molecular formula is C23H27N3O5S. The van der Waals surface area contributed by atoms with Crippen molar-refractivity contribution in [1.29, 1.82) is 0 Å². The molecule has 0 aromatic heterocycles. The van der Waals surface area contributed by atoms with Gasteiger partial charge in [0.1, 0.15) is 11.8 Å². The summed E-state index contributed by atoms with van der Waals surface area (Å²) >= 11 is 0. The van der Waals surface area contributed by atoms with Gasteiger partial charge in [0.25, 0.3) is 0 Å². The third kappa shape index (κ3) is 4.35. The molecule has 2 amide bonds. The van der Waals surface area contributed by atoms with Gasteiger partial charge in [-0.15, -0.1) is 0 Å². The number of hydrogen-bond donors (Lipinski definition) is 2. The zero-order valence-electron chi connectivity index (χ0n) is 18.2. The number of sulfonamides is 1. The quantitative estimate of drug-likeness (QED) is 0.718. The maximum atomic E-state index is 13.4. The molecule has 0 radical (unpaired) electrons. The topological polar surface area (TPSA) is 105 Å². The zero-order chi connectivity index (χ0) is 22.9. The van der Waals surface area contributed by atoms with Crippen LogP contribution in [0.25, 0.3) is 0 Å². The summed E-state index contributed by atoms with van der Waals surface area (Å²) in [6.45, 7) is 2.18. The first-order valence-electron chi connectivity index (χ1n) is 10.7. The molecule has 0 aliphatic carbocycles. The molecule has 2 N–H and O–H groups in total. The predicted octanol–water partition coefficient (Wildman–Crippen LogP) is 3.07. The molecule has 2 heterocycles. The fourth-order valence-corrected chi connectivity index (χ4v) is 5.98. The number of fused-ring (bicyclic) bond motifs is 1. The largest absolute Gasteiger partial charge is 0.495 e. The van der Waals surface area contributed by atoms with Crippen LogP contribution >= 0.6 is 0 Å². The molecule has 4 rings (SSSR count). The van der Waals surface area contributed by atoms with E-state index in [1.54, 1.807) is 24.3 Å². The number of amides is 2. The van der Waals surface area contributed by atoms with Crippen LogP contribution in [0.15, 0.2) is 41.3 Å². The Labute approximate surface area is 188 Å². The van der Waals surface area contributed by atoms with E-state index in [4.69, 9.17) is 4.74 Å². The first-order chi connectivity index (χ1) is 15.3. The van der Waals surface area contributed by atoms with Gasteiger partial charge in [-0.1, -0.05) is 6.07 Å². The highest BCUT2D eigenvalue weighted by Crippen LogP contribution is 2.32. The minimum absolute atomic E-state index is 0.0674. The molecular weight excluding hydrogens is 430 g/mol. The SMILES string of the molecule is COc1ccc(C)cc1NC(=O)C1CCCN1S(=O)(=O)c1ccc2c(c1)CCCC(=O)N2. The number of nitrogens with one attached hydrogen (secondary N) is 2. The van der Waals surface area contributed by atoms with E-state index in [0.29, 0.717) is 49.2 Å².